The predicted molar refractivity (Wildman–Crippen MR) is 102 cm³/mol. The van der Waals surface area contributed by atoms with Gasteiger partial charge in [0.05, 0.1) is 12.2 Å². The first kappa shape index (κ1) is 18.7. The van der Waals surface area contributed by atoms with Crippen LogP contribution in [-0.2, 0) is 14.3 Å². The van der Waals surface area contributed by atoms with Crippen molar-refractivity contribution in [1.29, 1.82) is 0 Å². The van der Waals surface area contributed by atoms with Crippen LogP contribution in [0.2, 0.25) is 5.02 Å². The third-order valence-corrected chi connectivity index (χ3v) is 3.95. The number of benzene rings is 2. The van der Waals surface area contributed by atoms with Crippen LogP contribution in [-0.4, -0.2) is 18.5 Å². The van der Waals surface area contributed by atoms with E-state index in [1.807, 2.05) is 6.92 Å². The molecule has 0 saturated carbocycles. The Morgan fingerprint density at radius 2 is 1.89 bits per heavy atom. The fourth-order valence-corrected chi connectivity index (χ4v) is 2.67. The highest BCUT2D eigenvalue weighted by Crippen LogP contribution is 2.32. The van der Waals surface area contributed by atoms with Crippen molar-refractivity contribution in [3.63, 3.8) is 0 Å². The predicted octanol–water partition coefficient (Wildman–Crippen LogP) is 4.65. The molecule has 5 nitrogen and oxygen atoms in total. The number of carbonyl (C=O) groups excluding carboxylic acids is 2. The van der Waals surface area contributed by atoms with E-state index in [9.17, 15) is 9.59 Å². The SMILES string of the molecule is CCOc1cc(/C=C2\C=C(c3ccc(Cl)cc3)OC2=O)ccc1OC(C)=O. The lowest BCUT2D eigenvalue weighted by molar-refractivity contribution is -0.132. The van der Waals surface area contributed by atoms with E-state index in [0.29, 0.717) is 34.5 Å². The second kappa shape index (κ2) is 8.10. The number of halogens is 1. The van der Waals surface area contributed by atoms with Crippen LogP contribution in [0.5, 0.6) is 11.5 Å². The standard InChI is InChI=1S/C21H17ClO5/c1-3-25-20-11-14(4-9-18(20)26-13(2)23)10-16-12-19(27-21(16)24)15-5-7-17(22)8-6-15/h4-12H,3H2,1-2H3/b16-10+. The highest BCUT2D eigenvalue weighted by molar-refractivity contribution is 6.30. The molecule has 0 spiro atoms. The molecular formula is C21H17ClO5. The maximum absolute atomic E-state index is 12.2. The largest absolute Gasteiger partial charge is 0.490 e. The summed E-state index contributed by atoms with van der Waals surface area (Å²) in [5.41, 5.74) is 1.88. The van der Waals surface area contributed by atoms with E-state index in [1.54, 1.807) is 54.6 Å². The molecule has 0 aromatic heterocycles. The molecule has 0 saturated heterocycles. The first-order valence-corrected chi connectivity index (χ1v) is 8.71. The van der Waals surface area contributed by atoms with Crippen LogP contribution in [0.4, 0.5) is 0 Å². The van der Waals surface area contributed by atoms with E-state index >= 15 is 0 Å². The van der Waals surface area contributed by atoms with Crippen molar-refractivity contribution in [1.82, 2.24) is 0 Å². The van der Waals surface area contributed by atoms with E-state index < -0.39 is 11.9 Å². The molecule has 1 aliphatic rings. The molecular weight excluding hydrogens is 368 g/mol. The van der Waals surface area contributed by atoms with Crippen LogP contribution < -0.4 is 9.47 Å². The molecule has 0 fully saturated rings. The molecule has 0 bridgehead atoms. The highest BCUT2D eigenvalue weighted by Gasteiger charge is 2.22. The quantitative estimate of drug-likeness (QED) is 0.426. The summed E-state index contributed by atoms with van der Waals surface area (Å²) < 4.78 is 16.0. The zero-order chi connectivity index (χ0) is 19.4. The Kier molecular flexibility index (Phi) is 5.62. The molecule has 3 rings (SSSR count). The van der Waals surface area contributed by atoms with Gasteiger partial charge in [-0.25, -0.2) is 4.79 Å². The first-order valence-electron chi connectivity index (χ1n) is 8.33. The normalized spacial score (nSPS) is 14.7. The number of rotatable bonds is 5. The molecule has 0 radical (unpaired) electrons. The van der Waals surface area contributed by atoms with Gasteiger partial charge in [-0.3, -0.25) is 4.79 Å². The van der Waals surface area contributed by atoms with Crippen LogP contribution in [0.25, 0.3) is 11.8 Å². The third-order valence-electron chi connectivity index (χ3n) is 3.70. The lowest BCUT2D eigenvalue weighted by atomic mass is 10.1. The highest BCUT2D eigenvalue weighted by atomic mass is 35.5. The van der Waals surface area contributed by atoms with E-state index in [1.165, 1.54) is 6.92 Å². The molecule has 0 N–H and O–H groups in total. The van der Waals surface area contributed by atoms with Gasteiger partial charge in [-0.15, -0.1) is 0 Å². The van der Waals surface area contributed by atoms with Gasteiger partial charge in [0.1, 0.15) is 5.76 Å². The van der Waals surface area contributed by atoms with E-state index in [-0.39, 0.29) is 0 Å². The molecule has 1 aliphatic heterocycles. The number of esters is 2. The number of hydrogen-bond donors (Lipinski definition) is 0. The van der Waals surface area contributed by atoms with Gasteiger partial charge in [0, 0.05) is 17.5 Å². The summed E-state index contributed by atoms with van der Waals surface area (Å²) in [6, 6.07) is 12.1. The third kappa shape index (κ3) is 4.57. The lowest BCUT2D eigenvalue weighted by Crippen LogP contribution is -2.04. The van der Waals surface area contributed by atoms with E-state index in [4.69, 9.17) is 25.8 Å². The maximum atomic E-state index is 12.2. The Bertz CT molecular complexity index is 942. The van der Waals surface area contributed by atoms with Gasteiger partial charge in [-0.05, 0) is 61.0 Å². The molecule has 0 atom stereocenters. The van der Waals surface area contributed by atoms with Crippen LogP contribution in [0, 0.1) is 0 Å². The summed E-state index contributed by atoms with van der Waals surface area (Å²) in [6.07, 6.45) is 3.36. The molecule has 2 aromatic carbocycles. The van der Waals surface area contributed by atoms with Gasteiger partial charge < -0.3 is 14.2 Å². The van der Waals surface area contributed by atoms with Crippen LogP contribution >= 0.6 is 11.6 Å². The summed E-state index contributed by atoms with van der Waals surface area (Å²) in [5, 5.41) is 0.607. The second-order valence-electron chi connectivity index (χ2n) is 5.74. The van der Waals surface area contributed by atoms with Crippen molar-refractivity contribution in [3.05, 3.63) is 70.3 Å². The molecule has 138 valence electrons. The van der Waals surface area contributed by atoms with E-state index in [2.05, 4.69) is 0 Å². The first-order chi connectivity index (χ1) is 13.0. The lowest BCUT2D eigenvalue weighted by Gasteiger charge is -2.10. The zero-order valence-corrected chi connectivity index (χ0v) is 15.6. The average Bonchev–Trinajstić information content (AvgIpc) is 2.98. The number of carbonyl (C=O) groups is 2. The molecule has 2 aromatic rings. The van der Waals surface area contributed by atoms with Crippen molar-refractivity contribution in [3.8, 4) is 11.5 Å². The monoisotopic (exact) mass is 384 g/mol. The van der Waals surface area contributed by atoms with Gasteiger partial charge in [0.25, 0.3) is 0 Å². The van der Waals surface area contributed by atoms with Crippen LogP contribution in [0.15, 0.2) is 54.1 Å². The summed E-state index contributed by atoms with van der Waals surface area (Å²) in [4.78, 5) is 23.4. The molecule has 0 unspecified atom stereocenters. The Balaban J connectivity index is 1.91. The average molecular weight is 385 g/mol. The van der Waals surface area contributed by atoms with Crippen molar-refractivity contribution in [2.24, 2.45) is 0 Å². The minimum absolute atomic E-state index is 0.331. The zero-order valence-electron chi connectivity index (χ0n) is 14.8. The Morgan fingerprint density at radius 1 is 1.15 bits per heavy atom. The van der Waals surface area contributed by atoms with Crippen LogP contribution in [0.1, 0.15) is 25.0 Å². The fraction of sp³-hybridized carbons (Fsp3) is 0.143. The Hall–Kier alpha value is -3.05. The molecule has 0 aliphatic carbocycles. The summed E-state index contributed by atoms with van der Waals surface area (Å²) in [7, 11) is 0. The molecule has 0 amide bonds. The summed E-state index contributed by atoms with van der Waals surface area (Å²) in [6.45, 7) is 3.57. The molecule has 1 heterocycles. The molecule has 27 heavy (non-hydrogen) atoms. The minimum atomic E-state index is -0.443. The van der Waals surface area contributed by atoms with Gasteiger partial charge in [-0.1, -0.05) is 17.7 Å². The Morgan fingerprint density at radius 3 is 2.56 bits per heavy atom. The second-order valence-corrected chi connectivity index (χ2v) is 6.17. The van der Waals surface area contributed by atoms with Gasteiger partial charge in [-0.2, -0.15) is 0 Å². The van der Waals surface area contributed by atoms with Crippen molar-refractivity contribution in [2.45, 2.75) is 13.8 Å². The number of ether oxygens (including phenoxy) is 3. The topological polar surface area (TPSA) is 61.8 Å². The smallest absolute Gasteiger partial charge is 0.343 e. The summed E-state index contributed by atoms with van der Waals surface area (Å²) in [5.74, 6) is 0.344. The van der Waals surface area contributed by atoms with E-state index in [0.717, 1.165) is 11.1 Å². The van der Waals surface area contributed by atoms with Crippen molar-refractivity contribution in [2.75, 3.05) is 6.61 Å². The van der Waals surface area contributed by atoms with Crippen molar-refractivity contribution < 1.29 is 23.8 Å². The Labute approximate surface area is 161 Å². The van der Waals surface area contributed by atoms with Gasteiger partial charge in [0.2, 0.25) is 0 Å². The van der Waals surface area contributed by atoms with Gasteiger partial charge >= 0.3 is 11.9 Å². The molecule has 6 heteroatoms. The fourth-order valence-electron chi connectivity index (χ4n) is 2.55. The van der Waals surface area contributed by atoms with Crippen molar-refractivity contribution >= 4 is 35.4 Å². The number of cyclic esters (lactones) is 1. The number of hydrogen-bond acceptors (Lipinski definition) is 5. The van der Waals surface area contributed by atoms with Gasteiger partial charge in [0.15, 0.2) is 11.5 Å². The summed E-state index contributed by atoms with van der Waals surface area (Å²) >= 11 is 5.89. The minimum Gasteiger partial charge on any atom is -0.490 e. The maximum Gasteiger partial charge on any atom is 0.343 e. The van der Waals surface area contributed by atoms with Crippen LogP contribution in [0.3, 0.4) is 0 Å².